The van der Waals surface area contributed by atoms with Crippen molar-refractivity contribution in [1.82, 2.24) is 0 Å². The minimum Gasteiger partial charge on any atom is -0.759 e. The van der Waals surface area contributed by atoms with Gasteiger partial charge in [-0.1, -0.05) is 0 Å². The largest absolute Gasteiger partial charge is 2.00 e. The van der Waals surface area contributed by atoms with E-state index in [0.29, 0.717) is 0 Å². The van der Waals surface area contributed by atoms with E-state index in [2.05, 4.69) is 0 Å². The van der Waals surface area contributed by atoms with Crippen LogP contribution in [0.3, 0.4) is 0 Å². The van der Waals surface area contributed by atoms with Crippen LogP contribution in [0.5, 0.6) is 0 Å². The molecule has 0 aromatic heterocycles. The van der Waals surface area contributed by atoms with Crippen molar-refractivity contribution in [2.45, 2.75) is 0 Å². The van der Waals surface area contributed by atoms with Gasteiger partial charge in [-0.25, -0.2) is 0 Å². The molecule has 0 fully saturated rings. The van der Waals surface area contributed by atoms with E-state index in [9.17, 15) is 0 Å². The van der Waals surface area contributed by atoms with Gasteiger partial charge in [0.25, 0.3) is 0 Å². The number of rotatable bonds is 0. The Labute approximate surface area is 1000 Å². The van der Waals surface area contributed by atoms with Gasteiger partial charge in [0, 0.05) is 198 Å². The second-order valence-electron chi connectivity index (χ2n) is 8.65. The molecule has 0 aliphatic rings. The van der Waals surface area contributed by atoms with Crippen LogP contribution < -0.4 is 0 Å². The molecule has 124 heavy (non-hydrogen) atoms. The second kappa shape index (κ2) is 127. The van der Waals surface area contributed by atoms with E-state index in [4.69, 9.17) is 368 Å². The first-order valence-corrected chi connectivity index (χ1v) is 42.2. The van der Waals surface area contributed by atoms with Gasteiger partial charge in [0.1, 0.15) is 0 Å². The van der Waals surface area contributed by atoms with Gasteiger partial charge in [-0.05, 0) is 0 Å². The molecule has 0 bridgehead atoms. The molecule has 0 aromatic rings. The van der Waals surface area contributed by atoms with E-state index < -0.39 is 218 Å². The summed E-state index contributed by atoms with van der Waals surface area (Å²) in [4.78, 5) is 0. The summed E-state index contributed by atoms with van der Waals surface area (Å²) in [6.07, 6.45) is 0. The van der Waals surface area contributed by atoms with Gasteiger partial charge < -0.3 is 173 Å². The van der Waals surface area contributed by atoms with Gasteiger partial charge in [-0.15, -0.1) is 0 Å². The average Bonchev–Trinajstić information content (AvgIpc) is 2.90. The maximum atomic E-state index is 8.74. The van der Waals surface area contributed by atoms with E-state index in [1.54, 1.807) is 0 Å². The Morgan fingerprint density at radius 1 is 0.0806 bits per heavy atom. The maximum absolute atomic E-state index is 8.74. The molecular weight excluding hydrogens is 2480 g/mol. The third-order valence-corrected chi connectivity index (χ3v) is 0. The quantitative estimate of drug-likeness (QED) is 0.0994. The monoisotopic (exact) mass is 2470 g/mol. The minimum atomic E-state index is -5.17. The Hall–Kier alpha value is 11.8. The van der Waals surface area contributed by atoms with Crippen molar-refractivity contribution in [2.24, 2.45) is 0 Å². The average molecular weight is 2480 g/mol. The molecule has 84 nitrogen and oxygen atoms in total. The molecular formula is H4Mg19O84S21. The first-order chi connectivity index (χ1) is 42.0. The summed E-state index contributed by atoms with van der Waals surface area (Å²) >= 11 is 0. The maximum Gasteiger partial charge on any atom is 2.00 e. The molecule has 0 atom stereocenters. The van der Waals surface area contributed by atoms with Gasteiger partial charge in [0.05, 0.1) is 0 Å². The topological polar surface area (TPSA) is 1670 Å². The van der Waals surface area contributed by atoms with Crippen LogP contribution in [0.4, 0.5) is 0 Å². The zero-order chi connectivity index (χ0) is 94.5. The molecule has 0 unspecified atom stereocenters. The van der Waals surface area contributed by atoms with Gasteiger partial charge in [-0.3, -0.25) is 178 Å². The van der Waals surface area contributed by atoms with Crippen LogP contribution in [-0.4, -0.2) is 806 Å². The van der Waals surface area contributed by atoms with Crippen LogP contribution in [0.25, 0.3) is 0 Å². The van der Waals surface area contributed by atoms with Crippen LogP contribution in [0.1, 0.15) is 0 Å². The fourth-order valence-corrected chi connectivity index (χ4v) is 0. The van der Waals surface area contributed by atoms with Crippen molar-refractivity contribution >= 4 is 656 Å². The summed E-state index contributed by atoms with van der Waals surface area (Å²) in [6, 6.07) is 0. The summed E-state index contributed by atoms with van der Waals surface area (Å²) in [5.41, 5.74) is 0. The molecule has 4 N–H and O–H groups in total. The molecule has 0 heterocycles. The van der Waals surface area contributed by atoms with E-state index >= 15 is 0 Å². The summed E-state index contributed by atoms with van der Waals surface area (Å²) in [6.45, 7) is 0. The summed E-state index contributed by atoms with van der Waals surface area (Å²) in [5.74, 6) is 0. The Kier molecular flexibility index (Phi) is 276. The predicted octanol–water partition coefficient (Wildman–Crippen LogP) is -34.0. The Bertz CT molecular complexity index is 3280. The smallest absolute Gasteiger partial charge is 0.759 e. The van der Waals surface area contributed by atoms with E-state index in [0.717, 1.165) is 0 Å². The molecule has 0 amide bonds. The van der Waals surface area contributed by atoms with Crippen molar-refractivity contribution in [1.29, 1.82) is 0 Å². The molecule has 0 aliphatic carbocycles. The van der Waals surface area contributed by atoms with Crippen molar-refractivity contribution in [3.8, 4) is 0 Å². The van der Waals surface area contributed by atoms with Gasteiger partial charge >= 0.3 is 459 Å². The van der Waals surface area contributed by atoms with Gasteiger partial charge in [-0.2, -0.15) is 16.8 Å². The van der Waals surface area contributed by atoms with Gasteiger partial charge in [0.2, 0.25) is 0 Å². The molecule has 0 rings (SSSR count). The van der Waals surface area contributed by atoms with Crippen LogP contribution >= 0.6 is 0 Å². The fraction of sp³-hybridized carbons (Fsp3) is 0. The zero-order valence-electron chi connectivity index (χ0n) is 56.5. The minimum absolute atomic E-state index is 0. The van der Waals surface area contributed by atoms with Crippen molar-refractivity contribution in [3.05, 3.63) is 0 Å². The number of hydrogen-bond donors (Lipinski definition) is 4. The molecule has 0 radical (unpaired) electrons. The van der Waals surface area contributed by atoms with E-state index in [1.807, 2.05) is 0 Å². The first kappa shape index (κ1) is 269. The Morgan fingerprint density at radius 2 is 0.0806 bits per heavy atom. The normalized spacial score (nSPS) is 9.82. The molecule has 672 valence electrons. The summed E-state index contributed by atoms with van der Waals surface area (Å²) < 4.78 is 711. The van der Waals surface area contributed by atoms with Crippen LogP contribution in [0.2, 0.25) is 0 Å². The van der Waals surface area contributed by atoms with Crippen LogP contribution in [-0.2, 0) is 218 Å². The molecule has 0 saturated heterocycles. The molecule has 0 aromatic carbocycles. The first-order valence-electron chi connectivity index (χ1n) is 14.1. The Morgan fingerprint density at radius 3 is 0.0806 bits per heavy atom. The molecule has 124 heteroatoms. The third-order valence-electron chi connectivity index (χ3n) is 0. The third kappa shape index (κ3) is 16900. The van der Waals surface area contributed by atoms with Crippen LogP contribution in [0.15, 0.2) is 0 Å². The SMILES string of the molecule is O=S(=O)(O)O.O=S(=O)(O)O.O=S(=O)([O-])[O-].O=S(=O)([O-])[O-].O=S(=O)([O-])[O-].O=S(=O)([O-])[O-].O=S(=O)([O-])[O-].O=S(=O)([O-])[O-].O=S(=O)([O-])[O-].O=S(=O)([O-])[O-].O=S(=O)([O-])[O-].O=S(=O)([O-])[O-].O=S(=O)([O-])[O-].O=S(=O)([O-])[O-].O=S(=O)([O-])[O-].O=S(=O)([O-])[O-].O=S(=O)([O-])[O-].O=S(=O)([O-])[O-].O=S(=O)([O-])[O-].O=S(=O)([O-])[O-].O=S(=O)([O-])[O-].[Mg+2].[Mg+2].[Mg+2].[Mg+2].[Mg+2].[Mg+2].[Mg+2].[Mg+2].[Mg+2].[Mg+2].[Mg+2].[Mg+2].[Mg+2].[Mg+2].[Mg+2].[Mg+2].[Mg+2].[Mg+2].[Mg+2]. The Balaban J connectivity index is -0.0000000156. The van der Waals surface area contributed by atoms with Gasteiger partial charge in [0.15, 0.2) is 0 Å². The summed E-state index contributed by atoms with van der Waals surface area (Å²) in [7, 11) is -108. The second-order valence-corrected chi connectivity index (χ2v) is 26.0. The number of hydrogen-bond acceptors (Lipinski definition) is 80. The van der Waals surface area contributed by atoms with Crippen molar-refractivity contribution < 1.29 is 368 Å². The summed E-state index contributed by atoms with van der Waals surface area (Å²) in [5, 5.41) is 0. The molecule has 0 saturated carbocycles. The van der Waals surface area contributed by atoms with E-state index in [1.165, 1.54) is 0 Å². The van der Waals surface area contributed by atoms with E-state index in [-0.39, 0.29) is 438 Å². The zero-order valence-corrected chi connectivity index (χ0v) is 100. The predicted molar refractivity (Wildman–Crippen MR) is 337 cm³/mol. The van der Waals surface area contributed by atoms with Crippen molar-refractivity contribution in [3.63, 3.8) is 0 Å². The fourth-order valence-electron chi connectivity index (χ4n) is 0. The molecule has 0 spiro atoms. The van der Waals surface area contributed by atoms with Crippen LogP contribution in [0, 0.1) is 0 Å². The molecule has 0 aliphatic heterocycles. The van der Waals surface area contributed by atoms with Crippen molar-refractivity contribution in [2.75, 3.05) is 0 Å². The standard InChI is InChI=1S/19Mg.21H2O4S/c;;;;;;;;;;;;;;;;;;;21*1-5(2,3)4/h;;;;;;;;;;;;;;;;;;;21*(H2,1,2,3,4)/q19*+2;;;;;;;;;;;;;;;;;;;;;/p-38.